The topological polar surface area (TPSA) is 46.5 Å². The number of hydrogen-bond donors (Lipinski definition) is 1. The minimum absolute atomic E-state index is 0.0663. The number of carboxylic acids is 1. The van der Waals surface area contributed by atoms with E-state index in [1.165, 1.54) is 11.1 Å². The Bertz CT molecular complexity index is 1000. The minimum atomic E-state index is -1.10. The highest BCUT2D eigenvalue weighted by atomic mass is 19.1. The summed E-state index contributed by atoms with van der Waals surface area (Å²) in [6.07, 6.45) is -0.537. The first-order chi connectivity index (χ1) is 13.8. The van der Waals surface area contributed by atoms with Gasteiger partial charge in [-0.25, -0.2) is 8.78 Å². The Hall–Kier alpha value is -3.21. The van der Waals surface area contributed by atoms with Crippen LogP contribution in [0.25, 0.3) is 11.1 Å². The molecule has 0 heterocycles. The molecule has 0 bridgehead atoms. The van der Waals surface area contributed by atoms with Gasteiger partial charge in [0.2, 0.25) is 0 Å². The third kappa shape index (κ3) is 4.99. The van der Waals surface area contributed by atoms with E-state index in [0.717, 1.165) is 28.8 Å². The molecule has 0 aliphatic rings. The van der Waals surface area contributed by atoms with Crippen molar-refractivity contribution in [1.82, 2.24) is 0 Å². The van der Waals surface area contributed by atoms with E-state index in [1.54, 1.807) is 0 Å². The molecular formula is C24H22F2O3. The van der Waals surface area contributed by atoms with Crippen LogP contribution in [0.4, 0.5) is 8.78 Å². The first-order valence-corrected chi connectivity index (χ1v) is 9.33. The molecule has 0 aliphatic carbocycles. The second-order valence-corrected chi connectivity index (χ2v) is 7.02. The van der Waals surface area contributed by atoms with Gasteiger partial charge in [-0.15, -0.1) is 0 Å². The monoisotopic (exact) mass is 396 g/mol. The van der Waals surface area contributed by atoms with Crippen LogP contribution < -0.4 is 4.74 Å². The van der Waals surface area contributed by atoms with Crippen molar-refractivity contribution in [3.63, 3.8) is 0 Å². The Kier molecular flexibility index (Phi) is 6.27. The van der Waals surface area contributed by atoms with Crippen LogP contribution in [0.2, 0.25) is 0 Å². The zero-order chi connectivity index (χ0) is 21.0. The maximum atomic E-state index is 14.1. The average Bonchev–Trinajstić information content (AvgIpc) is 2.66. The Balaban J connectivity index is 1.76. The van der Waals surface area contributed by atoms with Crippen LogP contribution in [0.3, 0.4) is 0 Å². The highest BCUT2D eigenvalue weighted by molar-refractivity contribution is 5.71. The summed E-state index contributed by atoms with van der Waals surface area (Å²) in [6, 6.07) is 16.2. The van der Waals surface area contributed by atoms with Crippen LogP contribution in [0, 0.1) is 25.5 Å². The van der Waals surface area contributed by atoms with E-state index in [4.69, 9.17) is 9.84 Å². The molecule has 3 aromatic carbocycles. The lowest BCUT2D eigenvalue weighted by Gasteiger charge is -2.13. The molecule has 150 valence electrons. The summed E-state index contributed by atoms with van der Waals surface area (Å²) in [4.78, 5) is 10.6. The van der Waals surface area contributed by atoms with Crippen LogP contribution in [-0.4, -0.2) is 11.1 Å². The molecule has 0 fully saturated rings. The van der Waals surface area contributed by atoms with Gasteiger partial charge in [0, 0.05) is 24.1 Å². The van der Waals surface area contributed by atoms with Gasteiger partial charge in [0.1, 0.15) is 24.0 Å². The number of hydrogen-bond acceptors (Lipinski definition) is 2. The molecule has 0 amide bonds. The molecule has 0 radical (unpaired) electrons. The molecule has 0 saturated heterocycles. The SMILES string of the molecule is Cc1cccc(C)c1-c1cccc(COc2cc(F)c(CCC(=O)O)c(F)c2)c1. The molecule has 3 nitrogen and oxygen atoms in total. The van der Waals surface area contributed by atoms with Gasteiger partial charge in [0.05, 0.1) is 0 Å². The van der Waals surface area contributed by atoms with Crippen molar-refractivity contribution in [3.05, 3.63) is 88.5 Å². The summed E-state index contributed by atoms with van der Waals surface area (Å²) in [5, 5.41) is 8.69. The molecule has 0 spiro atoms. The van der Waals surface area contributed by atoms with E-state index in [-0.39, 0.29) is 30.8 Å². The van der Waals surface area contributed by atoms with Gasteiger partial charge in [0.25, 0.3) is 0 Å². The Morgan fingerprint density at radius 3 is 2.21 bits per heavy atom. The number of ether oxygens (including phenoxy) is 1. The van der Waals surface area contributed by atoms with Crippen molar-refractivity contribution < 1.29 is 23.4 Å². The molecular weight excluding hydrogens is 374 g/mol. The summed E-state index contributed by atoms with van der Waals surface area (Å²) >= 11 is 0. The molecule has 1 N–H and O–H groups in total. The molecule has 3 aromatic rings. The van der Waals surface area contributed by atoms with Crippen LogP contribution in [0.15, 0.2) is 54.6 Å². The Morgan fingerprint density at radius 1 is 0.966 bits per heavy atom. The maximum absolute atomic E-state index is 14.1. The van der Waals surface area contributed by atoms with Gasteiger partial charge in [-0.05, 0) is 54.2 Å². The van der Waals surface area contributed by atoms with Gasteiger partial charge < -0.3 is 9.84 Å². The molecule has 3 rings (SSSR count). The number of halogens is 2. The van der Waals surface area contributed by atoms with E-state index in [9.17, 15) is 13.6 Å². The number of carbonyl (C=O) groups is 1. The van der Waals surface area contributed by atoms with E-state index < -0.39 is 17.6 Å². The fourth-order valence-electron chi connectivity index (χ4n) is 3.39. The second kappa shape index (κ2) is 8.86. The Labute approximate surface area is 168 Å². The standard InChI is InChI=1S/C24H22F2O3/c1-15-5-3-6-16(2)24(15)18-8-4-7-17(11-18)14-29-19-12-21(25)20(22(26)13-19)9-10-23(27)28/h3-8,11-13H,9-10,14H2,1-2H3,(H,27,28). The summed E-state index contributed by atoms with van der Waals surface area (Å²) in [6.45, 7) is 4.28. The third-order valence-corrected chi connectivity index (χ3v) is 4.81. The average molecular weight is 396 g/mol. The first-order valence-electron chi connectivity index (χ1n) is 9.33. The van der Waals surface area contributed by atoms with Crippen molar-refractivity contribution in [2.24, 2.45) is 0 Å². The molecule has 0 aliphatic heterocycles. The number of aliphatic carboxylic acids is 1. The number of aryl methyl sites for hydroxylation is 2. The van der Waals surface area contributed by atoms with Gasteiger partial charge >= 0.3 is 5.97 Å². The summed E-state index contributed by atoms with van der Waals surface area (Å²) in [5.74, 6) is -2.64. The van der Waals surface area contributed by atoms with Gasteiger partial charge in [-0.1, -0.05) is 36.4 Å². The predicted octanol–water partition coefficient (Wildman–Crippen LogP) is 5.84. The van der Waals surface area contributed by atoms with E-state index in [2.05, 4.69) is 26.0 Å². The van der Waals surface area contributed by atoms with Crippen molar-refractivity contribution >= 4 is 5.97 Å². The molecule has 29 heavy (non-hydrogen) atoms. The third-order valence-electron chi connectivity index (χ3n) is 4.81. The lowest BCUT2D eigenvalue weighted by molar-refractivity contribution is -0.136. The van der Waals surface area contributed by atoms with Gasteiger partial charge in [-0.2, -0.15) is 0 Å². The maximum Gasteiger partial charge on any atom is 0.303 e. The minimum Gasteiger partial charge on any atom is -0.489 e. The lowest BCUT2D eigenvalue weighted by Crippen LogP contribution is -2.03. The summed E-state index contributed by atoms with van der Waals surface area (Å²) in [5.41, 5.74) is 5.20. The van der Waals surface area contributed by atoms with Gasteiger partial charge in [-0.3, -0.25) is 4.79 Å². The van der Waals surface area contributed by atoms with Gasteiger partial charge in [0.15, 0.2) is 0 Å². The zero-order valence-electron chi connectivity index (χ0n) is 16.3. The zero-order valence-corrected chi connectivity index (χ0v) is 16.3. The number of benzene rings is 3. The molecule has 5 heteroatoms. The highest BCUT2D eigenvalue weighted by Gasteiger charge is 2.14. The summed E-state index contributed by atoms with van der Waals surface area (Å²) in [7, 11) is 0. The summed E-state index contributed by atoms with van der Waals surface area (Å²) < 4.78 is 33.9. The van der Waals surface area contributed by atoms with E-state index in [0.29, 0.717) is 0 Å². The predicted molar refractivity (Wildman–Crippen MR) is 108 cm³/mol. The highest BCUT2D eigenvalue weighted by Crippen LogP contribution is 2.28. The van der Waals surface area contributed by atoms with Crippen LogP contribution >= 0.6 is 0 Å². The van der Waals surface area contributed by atoms with Crippen molar-refractivity contribution in [3.8, 4) is 16.9 Å². The molecule has 0 aromatic heterocycles. The largest absolute Gasteiger partial charge is 0.489 e. The fourth-order valence-corrected chi connectivity index (χ4v) is 3.39. The Morgan fingerprint density at radius 2 is 1.59 bits per heavy atom. The van der Waals surface area contributed by atoms with E-state index >= 15 is 0 Å². The van der Waals surface area contributed by atoms with Crippen LogP contribution in [-0.2, 0) is 17.8 Å². The molecule has 0 saturated carbocycles. The van der Waals surface area contributed by atoms with Crippen molar-refractivity contribution in [1.29, 1.82) is 0 Å². The normalized spacial score (nSPS) is 10.8. The smallest absolute Gasteiger partial charge is 0.303 e. The fraction of sp³-hybridized carbons (Fsp3) is 0.208. The van der Waals surface area contributed by atoms with Crippen LogP contribution in [0.5, 0.6) is 5.75 Å². The van der Waals surface area contributed by atoms with Crippen LogP contribution in [0.1, 0.15) is 28.7 Å². The molecule has 0 atom stereocenters. The van der Waals surface area contributed by atoms with Crippen molar-refractivity contribution in [2.75, 3.05) is 0 Å². The van der Waals surface area contributed by atoms with Crippen molar-refractivity contribution in [2.45, 2.75) is 33.3 Å². The molecule has 0 unspecified atom stereocenters. The first kappa shape index (κ1) is 20.5. The number of carboxylic acid groups (broad SMARTS) is 1. The second-order valence-electron chi connectivity index (χ2n) is 7.02. The quantitative estimate of drug-likeness (QED) is 0.545. The lowest BCUT2D eigenvalue weighted by atomic mass is 9.95. The van der Waals surface area contributed by atoms with E-state index in [1.807, 2.05) is 30.3 Å². The number of rotatable bonds is 7.